The van der Waals surface area contributed by atoms with Crippen LogP contribution in [0.1, 0.15) is 34.9 Å². The number of nitrogens with zero attached hydrogens (tertiary/aromatic N) is 3. The summed E-state index contributed by atoms with van der Waals surface area (Å²) < 4.78 is 10.3. The molecule has 0 aliphatic carbocycles. The molecule has 0 bridgehead atoms. The lowest BCUT2D eigenvalue weighted by molar-refractivity contribution is 0.0904. The first-order valence-corrected chi connectivity index (χ1v) is 8.63. The minimum Gasteiger partial charge on any atom is -0.384 e. The van der Waals surface area contributed by atoms with Crippen molar-refractivity contribution in [1.29, 1.82) is 0 Å². The lowest BCUT2D eigenvalue weighted by Gasteiger charge is -2.31. The van der Waals surface area contributed by atoms with E-state index in [1.807, 2.05) is 30.3 Å². The van der Waals surface area contributed by atoms with Crippen LogP contribution < -0.4 is 5.32 Å². The first kappa shape index (κ1) is 17.6. The SMILES string of the molecule is COCCc1noc(CN2CCC(NC(=O)c3ccccc3)CC2)n1. The Kier molecular flexibility index (Phi) is 6.14. The highest BCUT2D eigenvalue weighted by Crippen LogP contribution is 2.14. The van der Waals surface area contributed by atoms with Crippen molar-refractivity contribution >= 4 is 5.91 Å². The summed E-state index contributed by atoms with van der Waals surface area (Å²) in [7, 11) is 1.65. The van der Waals surface area contributed by atoms with E-state index in [0.717, 1.165) is 25.9 Å². The summed E-state index contributed by atoms with van der Waals surface area (Å²) >= 11 is 0. The van der Waals surface area contributed by atoms with Gasteiger partial charge in [0, 0.05) is 38.2 Å². The number of aromatic nitrogens is 2. The van der Waals surface area contributed by atoms with Crippen molar-refractivity contribution in [3.05, 3.63) is 47.6 Å². The van der Waals surface area contributed by atoms with Gasteiger partial charge in [-0.15, -0.1) is 0 Å². The quantitative estimate of drug-likeness (QED) is 0.823. The Morgan fingerprint density at radius 1 is 1.32 bits per heavy atom. The summed E-state index contributed by atoms with van der Waals surface area (Å²) in [5.74, 6) is 1.32. The predicted octanol–water partition coefficient (Wildman–Crippen LogP) is 1.65. The van der Waals surface area contributed by atoms with Gasteiger partial charge in [-0.3, -0.25) is 9.69 Å². The van der Waals surface area contributed by atoms with Gasteiger partial charge in [0.25, 0.3) is 5.91 Å². The second-order valence-electron chi connectivity index (χ2n) is 6.24. The zero-order valence-corrected chi connectivity index (χ0v) is 14.5. The van der Waals surface area contributed by atoms with Crippen LogP contribution in [-0.2, 0) is 17.7 Å². The minimum absolute atomic E-state index is 0.00117. The van der Waals surface area contributed by atoms with Crippen LogP contribution >= 0.6 is 0 Å². The third-order valence-electron chi connectivity index (χ3n) is 4.36. The number of carbonyl (C=O) groups is 1. The molecule has 7 nitrogen and oxygen atoms in total. The predicted molar refractivity (Wildman–Crippen MR) is 92.1 cm³/mol. The molecule has 7 heteroatoms. The Bertz CT molecular complexity index is 666. The second-order valence-corrected chi connectivity index (χ2v) is 6.24. The van der Waals surface area contributed by atoms with Crippen LogP contribution in [-0.4, -0.2) is 53.8 Å². The van der Waals surface area contributed by atoms with Crippen molar-refractivity contribution in [2.45, 2.75) is 31.8 Å². The summed E-state index contributed by atoms with van der Waals surface area (Å²) in [4.78, 5) is 18.9. The zero-order chi connectivity index (χ0) is 17.5. The average Bonchev–Trinajstić information content (AvgIpc) is 3.09. The number of hydrogen-bond acceptors (Lipinski definition) is 6. The highest BCUT2D eigenvalue weighted by atomic mass is 16.5. The van der Waals surface area contributed by atoms with E-state index in [4.69, 9.17) is 9.26 Å². The fourth-order valence-corrected chi connectivity index (χ4v) is 2.93. The minimum atomic E-state index is -0.00117. The molecule has 1 aliphatic heterocycles. The molecule has 1 fully saturated rings. The van der Waals surface area contributed by atoms with Crippen LogP contribution in [0.15, 0.2) is 34.9 Å². The fourth-order valence-electron chi connectivity index (χ4n) is 2.93. The molecule has 25 heavy (non-hydrogen) atoms. The molecule has 1 aromatic carbocycles. The zero-order valence-electron chi connectivity index (χ0n) is 14.5. The average molecular weight is 344 g/mol. The maximum absolute atomic E-state index is 12.2. The molecule has 0 atom stereocenters. The standard InChI is InChI=1S/C18H24N4O3/c1-24-12-9-16-20-17(25-21-16)13-22-10-7-15(8-11-22)19-18(23)14-5-3-2-4-6-14/h2-6,15H,7-13H2,1H3,(H,19,23). The van der Waals surface area contributed by atoms with Crippen molar-refractivity contribution in [3.63, 3.8) is 0 Å². The van der Waals surface area contributed by atoms with Gasteiger partial charge in [-0.05, 0) is 25.0 Å². The molecule has 2 heterocycles. The van der Waals surface area contributed by atoms with Gasteiger partial charge < -0.3 is 14.6 Å². The van der Waals surface area contributed by atoms with Crippen molar-refractivity contribution in [2.24, 2.45) is 0 Å². The van der Waals surface area contributed by atoms with E-state index < -0.39 is 0 Å². The lowest BCUT2D eigenvalue weighted by atomic mass is 10.0. The number of benzene rings is 1. The van der Waals surface area contributed by atoms with Gasteiger partial charge in [-0.1, -0.05) is 23.4 Å². The monoisotopic (exact) mass is 344 g/mol. The summed E-state index contributed by atoms with van der Waals surface area (Å²) in [5, 5.41) is 7.07. The van der Waals surface area contributed by atoms with E-state index >= 15 is 0 Å². The van der Waals surface area contributed by atoms with Gasteiger partial charge in [0.15, 0.2) is 5.82 Å². The van der Waals surface area contributed by atoms with Crippen molar-refractivity contribution in [1.82, 2.24) is 20.4 Å². The molecule has 1 N–H and O–H groups in total. The number of rotatable bonds is 7. The van der Waals surface area contributed by atoms with Crippen LogP contribution in [0.2, 0.25) is 0 Å². The number of amides is 1. The van der Waals surface area contributed by atoms with Crippen molar-refractivity contribution < 1.29 is 14.1 Å². The van der Waals surface area contributed by atoms with E-state index in [0.29, 0.717) is 36.9 Å². The molecule has 1 aliphatic rings. The van der Waals surface area contributed by atoms with E-state index in [9.17, 15) is 4.79 Å². The molecule has 1 saturated heterocycles. The number of ether oxygens (including phenoxy) is 1. The van der Waals surface area contributed by atoms with Crippen LogP contribution in [0.25, 0.3) is 0 Å². The van der Waals surface area contributed by atoms with E-state index in [-0.39, 0.29) is 11.9 Å². The third-order valence-corrected chi connectivity index (χ3v) is 4.36. The van der Waals surface area contributed by atoms with Gasteiger partial charge in [0.05, 0.1) is 13.2 Å². The number of nitrogens with one attached hydrogen (secondary N) is 1. The Balaban J connectivity index is 1.42. The van der Waals surface area contributed by atoms with Gasteiger partial charge in [-0.25, -0.2) is 0 Å². The molecule has 1 aromatic heterocycles. The van der Waals surface area contributed by atoms with Crippen LogP contribution in [0.3, 0.4) is 0 Å². The fraction of sp³-hybridized carbons (Fsp3) is 0.500. The second kappa shape index (κ2) is 8.73. The van der Waals surface area contributed by atoms with Crippen molar-refractivity contribution in [2.75, 3.05) is 26.8 Å². The maximum Gasteiger partial charge on any atom is 0.251 e. The smallest absolute Gasteiger partial charge is 0.251 e. The summed E-state index contributed by atoms with van der Waals surface area (Å²) in [6.07, 6.45) is 2.50. The van der Waals surface area contributed by atoms with Gasteiger partial charge in [-0.2, -0.15) is 4.98 Å². The summed E-state index contributed by atoms with van der Waals surface area (Å²) in [6, 6.07) is 9.55. The number of hydrogen-bond donors (Lipinski definition) is 1. The molecule has 2 aromatic rings. The molecule has 3 rings (SSSR count). The first-order chi connectivity index (χ1) is 12.2. The van der Waals surface area contributed by atoms with Crippen molar-refractivity contribution in [3.8, 4) is 0 Å². The van der Waals surface area contributed by atoms with E-state index in [2.05, 4.69) is 20.4 Å². The Labute approximate surface area is 147 Å². The molecule has 0 saturated carbocycles. The number of methoxy groups -OCH3 is 1. The van der Waals surface area contributed by atoms with Crippen LogP contribution in [0.4, 0.5) is 0 Å². The van der Waals surface area contributed by atoms with Gasteiger partial charge in [0.2, 0.25) is 5.89 Å². The third kappa shape index (κ3) is 5.11. The van der Waals surface area contributed by atoms with Crippen LogP contribution in [0.5, 0.6) is 0 Å². The van der Waals surface area contributed by atoms with Gasteiger partial charge >= 0.3 is 0 Å². The Morgan fingerprint density at radius 3 is 2.80 bits per heavy atom. The normalized spacial score (nSPS) is 16.0. The first-order valence-electron chi connectivity index (χ1n) is 8.63. The highest BCUT2D eigenvalue weighted by molar-refractivity contribution is 5.94. The topological polar surface area (TPSA) is 80.5 Å². The van der Waals surface area contributed by atoms with E-state index in [1.165, 1.54) is 0 Å². The summed E-state index contributed by atoms with van der Waals surface area (Å²) in [5.41, 5.74) is 0.708. The number of likely N-dealkylation sites (tertiary alicyclic amines) is 1. The number of piperidine rings is 1. The molecule has 1 amide bonds. The molecular weight excluding hydrogens is 320 g/mol. The maximum atomic E-state index is 12.2. The van der Waals surface area contributed by atoms with E-state index in [1.54, 1.807) is 7.11 Å². The molecule has 134 valence electrons. The lowest BCUT2D eigenvalue weighted by Crippen LogP contribution is -2.44. The Hall–Kier alpha value is -2.25. The van der Waals surface area contributed by atoms with Crippen LogP contribution in [0, 0.1) is 0 Å². The number of carbonyl (C=O) groups excluding carboxylic acids is 1. The molecule has 0 radical (unpaired) electrons. The summed E-state index contributed by atoms with van der Waals surface area (Å²) in [6.45, 7) is 3.04. The Morgan fingerprint density at radius 2 is 2.08 bits per heavy atom. The molecule has 0 spiro atoms. The van der Waals surface area contributed by atoms with Gasteiger partial charge in [0.1, 0.15) is 0 Å². The molecule has 0 unspecified atom stereocenters. The largest absolute Gasteiger partial charge is 0.384 e. The molecular formula is C18H24N4O3. The highest BCUT2D eigenvalue weighted by Gasteiger charge is 2.22.